The van der Waals surface area contributed by atoms with E-state index in [-0.39, 0.29) is 0 Å². The molecule has 1 heteroatoms. The van der Waals surface area contributed by atoms with E-state index in [4.69, 9.17) is 0 Å². The fourth-order valence-corrected chi connectivity index (χ4v) is 10.5. The third-order valence-electron chi connectivity index (χ3n) is 12.2. The monoisotopic (exact) mass is 543 g/mol. The van der Waals surface area contributed by atoms with Gasteiger partial charge in [-0.15, -0.1) is 0 Å². The van der Waals surface area contributed by atoms with Crippen LogP contribution >= 0.6 is 0 Å². The van der Waals surface area contributed by atoms with Crippen molar-refractivity contribution in [3.8, 4) is 0 Å². The fraction of sp³-hybridized carbons (Fsp3) is 0.550. The van der Waals surface area contributed by atoms with Crippen LogP contribution in [0, 0.1) is 17.8 Å². The number of hydrogen-bond donors (Lipinski definition) is 0. The van der Waals surface area contributed by atoms with Crippen LogP contribution in [0.5, 0.6) is 0 Å². The molecule has 0 atom stereocenters. The van der Waals surface area contributed by atoms with Crippen LogP contribution in [0.1, 0.15) is 131 Å². The number of hydrogen-bond acceptors (Lipinski definition) is 1. The van der Waals surface area contributed by atoms with Crippen molar-refractivity contribution in [3.63, 3.8) is 0 Å². The molecule has 6 fully saturated rings. The molecule has 9 rings (SSSR count). The fourth-order valence-electron chi connectivity index (χ4n) is 10.5. The molecular formula is C40H49N. The largest absolute Gasteiger partial charge is 0.311 e. The first-order valence-corrected chi connectivity index (χ1v) is 17.3. The van der Waals surface area contributed by atoms with Gasteiger partial charge in [0.2, 0.25) is 0 Å². The maximum atomic E-state index is 2.52. The van der Waals surface area contributed by atoms with E-state index in [9.17, 15) is 0 Å². The van der Waals surface area contributed by atoms with Crippen LogP contribution in [0.2, 0.25) is 0 Å². The first-order chi connectivity index (χ1) is 20.2. The highest BCUT2D eigenvalue weighted by atomic mass is 15.1. The predicted molar refractivity (Wildman–Crippen MR) is 173 cm³/mol. The van der Waals surface area contributed by atoms with Gasteiger partial charge < -0.3 is 4.90 Å². The van der Waals surface area contributed by atoms with Crippen LogP contribution in [-0.2, 0) is 5.41 Å². The molecule has 6 aliphatic rings. The van der Waals surface area contributed by atoms with Gasteiger partial charge in [0.1, 0.15) is 0 Å². The average molecular weight is 544 g/mol. The Hall–Kier alpha value is -2.54. The van der Waals surface area contributed by atoms with Gasteiger partial charge in [-0.3, -0.25) is 0 Å². The van der Waals surface area contributed by atoms with Crippen molar-refractivity contribution in [1.29, 1.82) is 0 Å². The quantitative estimate of drug-likeness (QED) is 0.299. The van der Waals surface area contributed by atoms with Gasteiger partial charge in [-0.1, -0.05) is 74.9 Å². The summed E-state index contributed by atoms with van der Waals surface area (Å²) in [6.07, 6.45) is 22.7. The molecule has 41 heavy (non-hydrogen) atoms. The van der Waals surface area contributed by atoms with Crippen molar-refractivity contribution >= 4 is 17.1 Å². The second-order valence-electron chi connectivity index (χ2n) is 14.9. The molecule has 0 spiro atoms. The van der Waals surface area contributed by atoms with E-state index >= 15 is 0 Å². The van der Waals surface area contributed by atoms with Crippen LogP contribution in [0.15, 0.2) is 72.8 Å². The molecule has 0 unspecified atom stereocenters. The third kappa shape index (κ3) is 5.06. The Morgan fingerprint density at radius 2 is 0.805 bits per heavy atom. The van der Waals surface area contributed by atoms with Gasteiger partial charge in [-0.25, -0.2) is 0 Å². The smallest absolute Gasteiger partial charge is 0.0461 e. The summed E-state index contributed by atoms with van der Waals surface area (Å²) in [7, 11) is 0. The van der Waals surface area contributed by atoms with Gasteiger partial charge in [0, 0.05) is 17.1 Å². The minimum absolute atomic E-state index is 0.460. The highest BCUT2D eigenvalue weighted by Crippen LogP contribution is 2.60. The lowest BCUT2D eigenvalue weighted by atomic mass is 9.48. The summed E-state index contributed by atoms with van der Waals surface area (Å²) in [6.45, 7) is 0. The average Bonchev–Trinajstić information content (AvgIpc) is 3.02. The molecule has 6 saturated carbocycles. The van der Waals surface area contributed by atoms with E-state index in [1.807, 2.05) is 0 Å². The zero-order valence-corrected chi connectivity index (χ0v) is 25.1. The van der Waals surface area contributed by atoms with Crippen LogP contribution in [0.4, 0.5) is 17.1 Å². The summed E-state index contributed by atoms with van der Waals surface area (Å²) in [4.78, 5) is 2.51. The molecule has 0 aliphatic heterocycles. The highest BCUT2D eigenvalue weighted by Gasteiger charge is 2.51. The molecule has 3 aromatic carbocycles. The first-order valence-electron chi connectivity index (χ1n) is 17.3. The Kier molecular flexibility index (Phi) is 6.97. The highest BCUT2D eigenvalue weighted by molar-refractivity contribution is 5.77. The van der Waals surface area contributed by atoms with Crippen molar-refractivity contribution in [2.24, 2.45) is 17.8 Å². The number of anilines is 3. The minimum Gasteiger partial charge on any atom is -0.311 e. The topological polar surface area (TPSA) is 3.24 Å². The molecule has 0 radical (unpaired) electrons. The van der Waals surface area contributed by atoms with Crippen molar-refractivity contribution in [2.45, 2.75) is 120 Å². The Morgan fingerprint density at radius 1 is 0.439 bits per heavy atom. The molecule has 214 valence electrons. The van der Waals surface area contributed by atoms with Crippen molar-refractivity contribution in [3.05, 3.63) is 89.5 Å². The van der Waals surface area contributed by atoms with Gasteiger partial charge in [0.25, 0.3) is 0 Å². The summed E-state index contributed by atoms with van der Waals surface area (Å²) < 4.78 is 0. The molecule has 0 saturated heterocycles. The van der Waals surface area contributed by atoms with E-state index in [2.05, 4.69) is 77.7 Å². The standard InChI is InChI=1S/C40H49N/c1-3-7-32(8-4-1)34-11-17-37(18-12-34)41(38-19-13-35(14-20-38)33-9-5-2-6-10-33)39-21-15-36(16-22-39)40-26-29-23-30(27-40)25-31(24-29)28-40/h11-22,29-33H,1-10,23-28H2. The lowest BCUT2D eigenvalue weighted by Gasteiger charge is -2.57. The Bertz CT molecular complexity index is 1210. The van der Waals surface area contributed by atoms with Gasteiger partial charge in [-0.05, 0) is 152 Å². The Morgan fingerprint density at radius 3 is 1.20 bits per heavy atom. The maximum Gasteiger partial charge on any atom is 0.0461 e. The second-order valence-corrected chi connectivity index (χ2v) is 14.9. The summed E-state index contributed by atoms with van der Waals surface area (Å²) >= 11 is 0. The Balaban J connectivity index is 1.11. The van der Waals surface area contributed by atoms with Crippen LogP contribution in [0.3, 0.4) is 0 Å². The molecule has 0 N–H and O–H groups in total. The number of rotatable bonds is 6. The van der Waals surface area contributed by atoms with Crippen molar-refractivity contribution in [2.75, 3.05) is 4.90 Å². The summed E-state index contributed by atoms with van der Waals surface area (Å²) in [5.74, 6) is 4.47. The first kappa shape index (κ1) is 26.1. The summed E-state index contributed by atoms with van der Waals surface area (Å²) in [6, 6.07) is 29.2. The molecule has 0 heterocycles. The van der Waals surface area contributed by atoms with E-state index in [1.165, 1.54) is 120 Å². The third-order valence-corrected chi connectivity index (χ3v) is 12.2. The Labute approximate surface area is 248 Å². The number of nitrogens with zero attached hydrogens (tertiary/aromatic N) is 1. The lowest BCUT2D eigenvalue weighted by molar-refractivity contribution is -0.00518. The maximum absolute atomic E-state index is 2.52. The SMILES string of the molecule is c1cc(N(c2ccc(C3CCCCC3)cc2)c2ccc(C34CC5CC(CC(C5)C3)C4)cc2)ccc1C1CCCCC1. The molecule has 4 bridgehead atoms. The minimum atomic E-state index is 0.460. The van der Waals surface area contributed by atoms with Gasteiger partial charge in [0.05, 0.1) is 0 Å². The summed E-state index contributed by atoms with van der Waals surface area (Å²) in [5.41, 5.74) is 9.04. The van der Waals surface area contributed by atoms with Crippen molar-refractivity contribution in [1.82, 2.24) is 0 Å². The van der Waals surface area contributed by atoms with Crippen molar-refractivity contribution < 1.29 is 0 Å². The second kappa shape index (κ2) is 10.9. The lowest BCUT2D eigenvalue weighted by Crippen LogP contribution is -2.48. The zero-order chi connectivity index (χ0) is 27.2. The van der Waals surface area contributed by atoms with Gasteiger partial charge in [-0.2, -0.15) is 0 Å². The molecule has 0 amide bonds. The van der Waals surface area contributed by atoms with E-state index < -0.39 is 0 Å². The predicted octanol–water partition coefficient (Wildman–Crippen LogP) is 11.7. The number of benzene rings is 3. The van der Waals surface area contributed by atoms with E-state index in [0.29, 0.717) is 5.41 Å². The van der Waals surface area contributed by atoms with E-state index in [1.54, 1.807) is 16.7 Å². The summed E-state index contributed by atoms with van der Waals surface area (Å²) in [5, 5.41) is 0. The van der Waals surface area contributed by atoms with Crippen LogP contribution in [-0.4, -0.2) is 0 Å². The van der Waals surface area contributed by atoms with Gasteiger partial charge in [0.15, 0.2) is 0 Å². The molecule has 6 aliphatic carbocycles. The van der Waals surface area contributed by atoms with Crippen LogP contribution < -0.4 is 4.90 Å². The van der Waals surface area contributed by atoms with Gasteiger partial charge >= 0.3 is 0 Å². The molecular weight excluding hydrogens is 494 g/mol. The van der Waals surface area contributed by atoms with E-state index in [0.717, 1.165) is 29.6 Å². The molecule has 3 aromatic rings. The molecule has 1 nitrogen and oxygen atoms in total. The normalized spacial score (nSPS) is 30.0. The van der Waals surface area contributed by atoms with Crippen LogP contribution in [0.25, 0.3) is 0 Å². The zero-order valence-electron chi connectivity index (χ0n) is 25.1. The molecule has 0 aromatic heterocycles.